The van der Waals surface area contributed by atoms with Crippen LogP contribution in [0.15, 0.2) is 66.9 Å². The quantitative estimate of drug-likeness (QED) is 0.198. The van der Waals surface area contributed by atoms with Crippen LogP contribution in [0.4, 0.5) is 8.78 Å². The number of hydrogen-bond acceptors (Lipinski definition) is 6. The first-order chi connectivity index (χ1) is 20.8. The van der Waals surface area contributed by atoms with Crippen LogP contribution in [-0.2, 0) is 22.4 Å². The zero-order valence-electron chi connectivity index (χ0n) is 24.1. The van der Waals surface area contributed by atoms with Crippen molar-refractivity contribution in [3.8, 4) is 17.2 Å². The van der Waals surface area contributed by atoms with Crippen molar-refractivity contribution in [1.29, 1.82) is 0 Å². The van der Waals surface area contributed by atoms with Gasteiger partial charge in [-0.3, -0.25) is 14.6 Å². The van der Waals surface area contributed by atoms with Crippen molar-refractivity contribution < 1.29 is 27.8 Å². The van der Waals surface area contributed by atoms with Gasteiger partial charge in [0, 0.05) is 30.5 Å². The topological polar surface area (TPSA) is 77.5 Å². The number of nitrogens with one attached hydrogen (secondary N) is 1. The largest absolute Gasteiger partial charge is 0.493 e. The number of halogens is 2. The standard InChI is InChI=1S/C35H34F2N2O4/c1-22-16-27-29(20-32(22)42-21-24-8-13-38-14-9-24)39-15-10-30(27)43-31-7-4-25(17-28(31)37)19-34(41)35(11-12-35)33(40)18-23-2-5-26(36)6-3-23/h2-7,10,15-17,20,24,38H,8-9,11-14,18-19,21H2,1H3. The number of pyridine rings is 1. The average Bonchev–Trinajstić information content (AvgIpc) is 3.82. The van der Waals surface area contributed by atoms with E-state index >= 15 is 4.39 Å². The van der Waals surface area contributed by atoms with E-state index in [4.69, 9.17) is 9.47 Å². The summed E-state index contributed by atoms with van der Waals surface area (Å²) in [6, 6.07) is 15.7. The Morgan fingerprint density at radius 2 is 1.58 bits per heavy atom. The Bertz CT molecular complexity index is 1660. The molecule has 0 radical (unpaired) electrons. The maximum Gasteiger partial charge on any atom is 0.166 e. The molecule has 2 fully saturated rings. The number of ketones is 2. The minimum absolute atomic E-state index is 0.0288. The van der Waals surface area contributed by atoms with Gasteiger partial charge < -0.3 is 14.8 Å². The molecule has 0 bridgehead atoms. The summed E-state index contributed by atoms with van der Waals surface area (Å²) < 4.78 is 40.6. The van der Waals surface area contributed by atoms with Crippen molar-refractivity contribution >= 4 is 22.5 Å². The van der Waals surface area contributed by atoms with Crippen LogP contribution in [0.3, 0.4) is 0 Å². The average molecular weight is 585 g/mol. The molecule has 6 rings (SSSR count). The minimum atomic E-state index is -1.04. The Morgan fingerprint density at radius 1 is 0.884 bits per heavy atom. The third-order valence-corrected chi connectivity index (χ3v) is 8.61. The Kier molecular flexibility index (Phi) is 8.21. The van der Waals surface area contributed by atoms with Gasteiger partial charge in [-0.25, -0.2) is 8.78 Å². The van der Waals surface area contributed by atoms with Crippen LogP contribution in [0, 0.1) is 29.9 Å². The normalized spacial score (nSPS) is 16.2. The molecule has 1 aromatic heterocycles. The molecule has 8 heteroatoms. The zero-order valence-corrected chi connectivity index (χ0v) is 24.1. The molecule has 1 N–H and O–H groups in total. The van der Waals surface area contributed by atoms with Gasteiger partial charge in [-0.15, -0.1) is 0 Å². The Labute approximate surface area is 249 Å². The first-order valence-electron chi connectivity index (χ1n) is 14.8. The first kappa shape index (κ1) is 28.9. The van der Waals surface area contributed by atoms with E-state index in [1.165, 1.54) is 24.3 Å². The second-order valence-electron chi connectivity index (χ2n) is 11.7. The molecule has 222 valence electrons. The fraction of sp³-hybridized carbons (Fsp3) is 0.343. The summed E-state index contributed by atoms with van der Waals surface area (Å²) in [5, 5.41) is 4.11. The third-order valence-electron chi connectivity index (χ3n) is 8.61. The molecule has 2 aliphatic rings. The number of Topliss-reactive ketones (excluding diaryl/α,β-unsaturated/α-hetero) is 2. The number of aromatic nitrogens is 1. The van der Waals surface area contributed by atoms with E-state index in [0.29, 0.717) is 47.8 Å². The number of benzene rings is 3. The lowest BCUT2D eigenvalue weighted by atomic mass is 9.88. The Morgan fingerprint density at radius 3 is 2.28 bits per heavy atom. The molecule has 0 unspecified atom stereocenters. The Balaban J connectivity index is 1.12. The molecule has 0 atom stereocenters. The maximum atomic E-state index is 15.2. The fourth-order valence-electron chi connectivity index (χ4n) is 5.76. The lowest BCUT2D eigenvalue weighted by molar-refractivity contribution is -0.133. The number of ether oxygens (including phenoxy) is 2. The summed E-state index contributed by atoms with van der Waals surface area (Å²) in [4.78, 5) is 30.6. The molecule has 2 heterocycles. The molecule has 43 heavy (non-hydrogen) atoms. The summed E-state index contributed by atoms with van der Waals surface area (Å²) >= 11 is 0. The number of piperidine rings is 1. The van der Waals surface area contributed by atoms with Crippen LogP contribution in [0.25, 0.3) is 10.9 Å². The highest BCUT2D eigenvalue weighted by atomic mass is 19.1. The number of aryl methyl sites for hydroxylation is 1. The van der Waals surface area contributed by atoms with Crippen LogP contribution in [-0.4, -0.2) is 36.2 Å². The van der Waals surface area contributed by atoms with Gasteiger partial charge in [-0.2, -0.15) is 0 Å². The highest BCUT2D eigenvalue weighted by Gasteiger charge is 2.54. The highest BCUT2D eigenvalue weighted by molar-refractivity contribution is 6.10. The van der Waals surface area contributed by atoms with Crippen LogP contribution in [0.5, 0.6) is 17.2 Å². The number of hydrogen-bond donors (Lipinski definition) is 1. The fourth-order valence-corrected chi connectivity index (χ4v) is 5.76. The number of rotatable bonds is 11. The van der Waals surface area contributed by atoms with Crippen molar-refractivity contribution in [2.24, 2.45) is 11.3 Å². The SMILES string of the molecule is Cc1cc2c(Oc3ccc(CC(=O)C4(C(=O)Cc5ccc(F)cc5)CC4)cc3F)ccnc2cc1OCC1CCNCC1. The van der Waals surface area contributed by atoms with Gasteiger partial charge in [0.1, 0.15) is 17.3 Å². The number of carbonyl (C=O) groups excluding carboxylic acids is 2. The number of nitrogens with zero attached hydrogens (tertiary/aromatic N) is 1. The van der Waals surface area contributed by atoms with Crippen molar-refractivity contribution in [2.45, 2.75) is 45.4 Å². The maximum absolute atomic E-state index is 15.2. The Hall–Kier alpha value is -4.17. The van der Waals surface area contributed by atoms with E-state index in [-0.39, 0.29) is 36.0 Å². The van der Waals surface area contributed by atoms with Gasteiger partial charge in [-0.05, 0) is 105 Å². The molecule has 1 saturated heterocycles. The van der Waals surface area contributed by atoms with Gasteiger partial charge in [0.15, 0.2) is 23.1 Å². The summed E-state index contributed by atoms with van der Waals surface area (Å²) in [7, 11) is 0. The lowest BCUT2D eigenvalue weighted by Gasteiger charge is -2.23. The predicted molar refractivity (Wildman–Crippen MR) is 160 cm³/mol. The van der Waals surface area contributed by atoms with Gasteiger partial charge in [0.05, 0.1) is 17.5 Å². The lowest BCUT2D eigenvalue weighted by Crippen LogP contribution is -2.30. The van der Waals surface area contributed by atoms with Gasteiger partial charge in [0.25, 0.3) is 0 Å². The van der Waals surface area contributed by atoms with Crippen LogP contribution in [0.1, 0.15) is 42.4 Å². The van der Waals surface area contributed by atoms with Gasteiger partial charge >= 0.3 is 0 Å². The molecule has 4 aromatic rings. The highest BCUT2D eigenvalue weighted by Crippen LogP contribution is 2.49. The van der Waals surface area contributed by atoms with Crippen molar-refractivity contribution in [3.05, 3.63) is 95.2 Å². The molecular weight excluding hydrogens is 550 g/mol. The van der Waals surface area contributed by atoms with Crippen LogP contribution in [0.2, 0.25) is 0 Å². The molecule has 1 saturated carbocycles. The minimum Gasteiger partial charge on any atom is -0.493 e. The van der Waals surface area contributed by atoms with Crippen LogP contribution >= 0.6 is 0 Å². The van der Waals surface area contributed by atoms with E-state index < -0.39 is 11.2 Å². The summed E-state index contributed by atoms with van der Waals surface area (Å²) in [6.45, 7) is 4.66. The number of carbonyl (C=O) groups is 2. The van der Waals surface area contributed by atoms with E-state index in [1.54, 1.807) is 30.5 Å². The molecule has 1 aliphatic carbocycles. The molecule has 3 aromatic carbocycles. The van der Waals surface area contributed by atoms with E-state index in [0.717, 1.165) is 42.6 Å². The first-order valence-corrected chi connectivity index (χ1v) is 14.8. The summed E-state index contributed by atoms with van der Waals surface area (Å²) in [5.41, 5.74) is 1.73. The summed E-state index contributed by atoms with van der Waals surface area (Å²) in [5.74, 6) is 0.418. The second-order valence-corrected chi connectivity index (χ2v) is 11.7. The van der Waals surface area contributed by atoms with Crippen molar-refractivity contribution in [2.75, 3.05) is 19.7 Å². The van der Waals surface area contributed by atoms with E-state index in [9.17, 15) is 14.0 Å². The summed E-state index contributed by atoms with van der Waals surface area (Å²) in [6.07, 6.45) is 4.79. The molecular formula is C35H34F2N2O4. The monoisotopic (exact) mass is 584 g/mol. The zero-order chi connectivity index (χ0) is 30.0. The molecule has 0 amide bonds. The van der Waals surface area contributed by atoms with Crippen LogP contribution < -0.4 is 14.8 Å². The third kappa shape index (κ3) is 6.44. The molecule has 0 spiro atoms. The van der Waals surface area contributed by atoms with E-state index in [2.05, 4.69) is 10.3 Å². The van der Waals surface area contributed by atoms with Crippen molar-refractivity contribution in [1.82, 2.24) is 10.3 Å². The van der Waals surface area contributed by atoms with Gasteiger partial charge in [0.2, 0.25) is 0 Å². The van der Waals surface area contributed by atoms with Crippen molar-refractivity contribution in [3.63, 3.8) is 0 Å². The molecule has 6 nitrogen and oxygen atoms in total. The molecule has 1 aliphatic heterocycles. The predicted octanol–water partition coefficient (Wildman–Crippen LogP) is 6.70. The second kappa shape index (κ2) is 12.2. The van der Waals surface area contributed by atoms with E-state index in [1.807, 2.05) is 19.1 Å². The smallest absolute Gasteiger partial charge is 0.166 e. The van der Waals surface area contributed by atoms with Gasteiger partial charge in [-0.1, -0.05) is 18.2 Å². The number of fused-ring (bicyclic) bond motifs is 1.